The number of hydrogen-bond acceptors (Lipinski definition) is 2. The summed E-state index contributed by atoms with van der Waals surface area (Å²) in [5.41, 5.74) is 2.93. The van der Waals surface area contributed by atoms with Gasteiger partial charge in [0.1, 0.15) is 5.76 Å². The molecule has 0 atom stereocenters. The van der Waals surface area contributed by atoms with Crippen LogP contribution >= 0.6 is 0 Å². The minimum absolute atomic E-state index is 0.0217. The predicted molar refractivity (Wildman–Crippen MR) is 67.0 cm³/mol. The average Bonchev–Trinajstić information content (AvgIpc) is 2.51. The van der Waals surface area contributed by atoms with Gasteiger partial charge in [-0.15, -0.1) is 0 Å². The zero-order chi connectivity index (χ0) is 12.3. The van der Waals surface area contributed by atoms with Gasteiger partial charge in [0, 0.05) is 18.1 Å². The summed E-state index contributed by atoms with van der Waals surface area (Å²) in [5, 5.41) is 2.89. The largest absolute Gasteiger partial charge is 0.497 e. The van der Waals surface area contributed by atoms with E-state index in [0.29, 0.717) is 12.2 Å². The van der Waals surface area contributed by atoms with Crippen LogP contribution in [0, 0.1) is 6.92 Å². The molecule has 0 aromatic heterocycles. The summed E-state index contributed by atoms with van der Waals surface area (Å²) in [7, 11) is 1.60. The second-order valence-electron chi connectivity index (χ2n) is 3.94. The molecule has 1 heterocycles. The first-order chi connectivity index (χ1) is 8.20. The number of nitrogens with one attached hydrogen (secondary N) is 1. The van der Waals surface area contributed by atoms with Crippen molar-refractivity contribution in [2.45, 2.75) is 13.3 Å². The fraction of sp³-hybridized carbons (Fsp3) is 0.214. The van der Waals surface area contributed by atoms with Crippen molar-refractivity contribution in [1.82, 2.24) is 5.32 Å². The van der Waals surface area contributed by atoms with Gasteiger partial charge in [-0.25, -0.2) is 0 Å². The molecule has 1 aromatic rings. The van der Waals surface area contributed by atoms with E-state index in [9.17, 15) is 4.79 Å². The Kier molecular flexibility index (Phi) is 3.28. The Morgan fingerprint density at radius 2 is 2.06 bits per heavy atom. The number of carbonyl (C=O) groups is 1. The Hall–Kier alpha value is -2.03. The Morgan fingerprint density at radius 3 is 2.76 bits per heavy atom. The van der Waals surface area contributed by atoms with Crippen molar-refractivity contribution >= 4 is 11.6 Å². The molecule has 1 aromatic carbocycles. The van der Waals surface area contributed by atoms with E-state index >= 15 is 0 Å². The Bertz CT molecular complexity index is 501. The van der Waals surface area contributed by atoms with Crippen LogP contribution in [0.3, 0.4) is 0 Å². The molecule has 17 heavy (non-hydrogen) atoms. The molecule has 0 bridgehead atoms. The van der Waals surface area contributed by atoms with Gasteiger partial charge in [-0.1, -0.05) is 24.3 Å². The van der Waals surface area contributed by atoms with Crippen molar-refractivity contribution in [3.8, 4) is 0 Å². The number of amides is 1. The van der Waals surface area contributed by atoms with Crippen molar-refractivity contribution in [3.63, 3.8) is 0 Å². The Morgan fingerprint density at radius 1 is 1.29 bits per heavy atom. The maximum atomic E-state index is 11.6. The summed E-state index contributed by atoms with van der Waals surface area (Å²) in [4.78, 5) is 11.6. The minimum Gasteiger partial charge on any atom is -0.497 e. The normalized spacial score (nSPS) is 15.5. The van der Waals surface area contributed by atoms with Gasteiger partial charge in [-0.3, -0.25) is 4.79 Å². The number of hydrogen-bond donors (Lipinski definition) is 1. The first kappa shape index (κ1) is 11.5. The molecular weight excluding hydrogens is 214 g/mol. The molecule has 3 heteroatoms. The van der Waals surface area contributed by atoms with Crippen LogP contribution in [0.2, 0.25) is 0 Å². The first-order valence-corrected chi connectivity index (χ1v) is 5.52. The molecule has 3 nitrogen and oxygen atoms in total. The number of rotatable bonds is 2. The van der Waals surface area contributed by atoms with Crippen LogP contribution in [0.15, 0.2) is 42.2 Å². The second-order valence-corrected chi connectivity index (χ2v) is 3.94. The van der Waals surface area contributed by atoms with Gasteiger partial charge in [0.15, 0.2) is 0 Å². The van der Waals surface area contributed by atoms with Gasteiger partial charge in [0.25, 0.3) is 0 Å². The van der Waals surface area contributed by atoms with Crippen molar-refractivity contribution < 1.29 is 9.53 Å². The van der Waals surface area contributed by atoms with Gasteiger partial charge in [0.05, 0.1) is 12.8 Å². The summed E-state index contributed by atoms with van der Waals surface area (Å²) >= 11 is 0. The van der Waals surface area contributed by atoms with Crippen molar-refractivity contribution in [1.29, 1.82) is 0 Å². The molecule has 1 aliphatic heterocycles. The number of methoxy groups -OCH3 is 1. The van der Waals surface area contributed by atoms with Crippen LogP contribution in [-0.4, -0.2) is 13.0 Å². The third kappa shape index (κ3) is 2.56. The minimum atomic E-state index is -0.0217. The second kappa shape index (κ2) is 4.87. The molecule has 0 fully saturated rings. The highest BCUT2D eigenvalue weighted by Crippen LogP contribution is 2.20. The summed E-state index contributed by atoms with van der Waals surface area (Å²) in [6, 6.07) is 7.94. The third-order valence-corrected chi connectivity index (χ3v) is 2.72. The summed E-state index contributed by atoms with van der Waals surface area (Å²) < 4.78 is 5.20. The fourth-order valence-electron chi connectivity index (χ4n) is 1.79. The number of ether oxygens (including phenoxy) is 1. The van der Waals surface area contributed by atoms with E-state index in [0.717, 1.165) is 16.8 Å². The number of carbonyl (C=O) groups excluding carboxylic acids is 1. The molecule has 0 aliphatic carbocycles. The van der Waals surface area contributed by atoms with Crippen LogP contribution in [0.4, 0.5) is 0 Å². The van der Waals surface area contributed by atoms with Gasteiger partial charge in [-0.2, -0.15) is 0 Å². The maximum absolute atomic E-state index is 11.6. The van der Waals surface area contributed by atoms with Crippen molar-refractivity contribution in [2.75, 3.05) is 7.11 Å². The van der Waals surface area contributed by atoms with Crippen LogP contribution < -0.4 is 5.32 Å². The third-order valence-electron chi connectivity index (χ3n) is 2.72. The lowest BCUT2D eigenvalue weighted by Gasteiger charge is -2.10. The van der Waals surface area contributed by atoms with Gasteiger partial charge in [0.2, 0.25) is 5.91 Å². The van der Waals surface area contributed by atoms with Crippen LogP contribution in [-0.2, 0) is 9.53 Å². The van der Waals surface area contributed by atoms with Crippen molar-refractivity contribution in [3.05, 3.63) is 53.3 Å². The standard InChI is InChI=1S/C14H15NO2/c1-10-5-3-4-6-12(10)13-9-11(17-2)7-8-14(16)15-13/h3-7,9H,8H2,1-2H3,(H,15,16). The molecule has 2 rings (SSSR count). The zero-order valence-corrected chi connectivity index (χ0v) is 9.99. The average molecular weight is 229 g/mol. The van der Waals surface area contributed by atoms with Gasteiger partial charge < -0.3 is 10.1 Å². The van der Waals surface area contributed by atoms with E-state index in [1.54, 1.807) is 13.2 Å². The van der Waals surface area contributed by atoms with E-state index in [2.05, 4.69) is 5.32 Å². The number of aryl methyl sites for hydroxylation is 1. The van der Waals surface area contributed by atoms with E-state index in [-0.39, 0.29) is 5.91 Å². The molecule has 0 saturated heterocycles. The zero-order valence-electron chi connectivity index (χ0n) is 9.99. The Labute approximate surface area is 101 Å². The van der Waals surface area contributed by atoms with Gasteiger partial charge in [-0.05, 0) is 18.6 Å². The molecular formula is C14H15NO2. The quantitative estimate of drug-likeness (QED) is 0.845. The maximum Gasteiger partial charge on any atom is 0.228 e. The number of benzene rings is 1. The molecule has 1 aliphatic rings. The first-order valence-electron chi connectivity index (χ1n) is 5.52. The van der Waals surface area contributed by atoms with Crippen LogP contribution in [0.1, 0.15) is 17.5 Å². The summed E-state index contributed by atoms with van der Waals surface area (Å²) in [6.07, 6.45) is 3.98. The summed E-state index contributed by atoms with van der Waals surface area (Å²) in [6.45, 7) is 2.02. The van der Waals surface area contributed by atoms with Crippen molar-refractivity contribution in [2.24, 2.45) is 0 Å². The number of allylic oxidation sites excluding steroid dienone is 1. The van der Waals surface area contributed by atoms with Crippen LogP contribution in [0.5, 0.6) is 0 Å². The fourth-order valence-corrected chi connectivity index (χ4v) is 1.79. The van der Waals surface area contributed by atoms with E-state index in [1.165, 1.54) is 0 Å². The molecule has 1 N–H and O–H groups in total. The van der Waals surface area contributed by atoms with E-state index < -0.39 is 0 Å². The smallest absolute Gasteiger partial charge is 0.228 e. The highest BCUT2D eigenvalue weighted by molar-refractivity contribution is 5.89. The highest BCUT2D eigenvalue weighted by Gasteiger charge is 2.12. The molecule has 0 spiro atoms. The molecule has 0 unspecified atom stereocenters. The lowest BCUT2D eigenvalue weighted by atomic mass is 10.1. The molecule has 88 valence electrons. The lowest BCUT2D eigenvalue weighted by molar-refractivity contribution is -0.119. The predicted octanol–water partition coefficient (Wildman–Crippen LogP) is 2.39. The monoisotopic (exact) mass is 229 g/mol. The Balaban J connectivity index is 2.43. The molecule has 0 saturated carbocycles. The van der Waals surface area contributed by atoms with E-state index in [4.69, 9.17) is 4.74 Å². The van der Waals surface area contributed by atoms with E-state index in [1.807, 2.05) is 37.3 Å². The lowest BCUT2D eigenvalue weighted by Crippen LogP contribution is -2.20. The molecule has 0 radical (unpaired) electrons. The van der Waals surface area contributed by atoms with Crippen LogP contribution in [0.25, 0.3) is 5.70 Å². The topological polar surface area (TPSA) is 38.3 Å². The highest BCUT2D eigenvalue weighted by atomic mass is 16.5. The molecule has 1 amide bonds. The van der Waals surface area contributed by atoms with Gasteiger partial charge >= 0.3 is 0 Å². The SMILES string of the molecule is COC1=CCC(=O)NC(c2ccccc2C)=C1. The summed E-state index contributed by atoms with van der Waals surface area (Å²) in [5.74, 6) is 0.688.